The number of rotatable bonds is 10. The molecule has 7 aromatic carbocycles. The zero-order chi connectivity index (χ0) is 45.8. The molecule has 0 radical (unpaired) electrons. The minimum absolute atomic E-state index is 0.653. The van der Waals surface area contributed by atoms with Gasteiger partial charge in [-0.05, 0) is 95.8 Å². The fourth-order valence-electron chi connectivity index (χ4n) is 8.98. The minimum Gasteiger partial charge on any atom is -0.258 e. The van der Waals surface area contributed by atoms with Crippen molar-refractivity contribution < 1.29 is 0 Å². The molecule has 0 aliphatic rings. The van der Waals surface area contributed by atoms with E-state index in [2.05, 4.69) is 159 Å². The summed E-state index contributed by atoms with van der Waals surface area (Å²) in [6.45, 7) is 4.12. The van der Waals surface area contributed by atoms with Gasteiger partial charge in [-0.1, -0.05) is 176 Å². The van der Waals surface area contributed by atoms with E-state index < -0.39 is 0 Å². The van der Waals surface area contributed by atoms with Crippen LogP contribution in [-0.4, -0.2) is 29.9 Å². The van der Waals surface area contributed by atoms with E-state index >= 15 is 0 Å². The number of aryl methyl sites for hydroxylation is 2. The fourth-order valence-corrected chi connectivity index (χ4v) is 8.98. The second-order valence-corrected chi connectivity index (χ2v) is 16.8. The van der Waals surface area contributed by atoms with Crippen molar-refractivity contribution in [3.05, 3.63) is 242 Å². The Morgan fingerprint density at radius 3 is 1.18 bits per heavy atom. The fraction of sp³-hybridized carbons (Fsp3) is 0.0323. The van der Waals surface area contributed by atoms with Crippen LogP contribution in [0, 0.1) is 13.8 Å². The first-order valence-corrected chi connectivity index (χ1v) is 22.8. The lowest BCUT2D eigenvalue weighted by Crippen LogP contribution is -1.98. The van der Waals surface area contributed by atoms with Crippen LogP contribution in [0.5, 0.6) is 0 Å². The molecule has 11 rings (SSSR count). The monoisotopic (exact) mass is 872 g/mol. The number of pyridine rings is 2. The summed E-state index contributed by atoms with van der Waals surface area (Å²) in [5, 5.41) is 0. The summed E-state index contributed by atoms with van der Waals surface area (Å²) < 4.78 is 0. The lowest BCUT2D eigenvalue weighted by molar-refractivity contribution is 1.12. The van der Waals surface area contributed by atoms with Gasteiger partial charge in [0.25, 0.3) is 0 Å². The van der Waals surface area contributed by atoms with E-state index in [1.165, 1.54) is 0 Å². The Hall–Kier alpha value is -9.00. The summed E-state index contributed by atoms with van der Waals surface area (Å²) in [7, 11) is 0. The smallest absolute Gasteiger partial charge is 0.160 e. The van der Waals surface area contributed by atoms with Crippen LogP contribution in [0.4, 0.5) is 0 Å². The van der Waals surface area contributed by atoms with Gasteiger partial charge < -0.3 is 0 Å². The van der Waals surface area contributed by atoms with Gasteiger partial charge in [0.2, 0.25) is 0 Å². The second kappa shape index (κ2) is 18.5. The van der Waals surface area contributed by atoms with Gasteiger partial charge >= 0.3 is 0 Å². The quantitative estimate of drug-likeness (QED) is 0.136. The van der Waals surface area contributed by atoms with Crippen molar-refractivity contribution >= 4 is 0 Å². The minimum atomic E-state index is 0.653. The van der Waals surface area contributed by atoms with Crippen molar-refractivity contribution in [1.82, 2.24) is 29.9 Å². The van der Waals surface area contributed by atoms with E-state index in [1.54, 1.807) is 0 Å². The Morgan fingerprint density at radius 2 is 0.647 bits per heavy atom. The van der Waals surface area contributed by atoms with Gasteiger partial charge in [0.15, 0.2) is 11.6 Å². The highest BCUT2D eigenvalue weighted by Crippen LogP contribution is 2.43. The van der Waals surface area contributed by atoms with Crippen LogP contribution in [-0.2, 0) is 0 Å². The molecule has 4 aromatic heterocycles. The molecule has 6 heteroatoms. The van der Waals surface area contributed by atoms with Gasteiger partial charge in [-0.2, -0.15) is 0 Å². The van der Waals surface area contributed by atoms with Crippen molar-refractivity contribution in [2.45, 2.75) is 13.8 Å². The summed E-state index contributed by atoms with van der Waals surface area (Å²) >= 11 is 0. The summed E-state index contributed by atoms with van der Waals surface area (Å²) in [6.07, 6.45) is 1.83. The van der Waals surface area contributed by atoms with Gasteiger partial charge in [0.05, 0.1) is 28.5 Å². The van der Waals surface area contributed by atoms with Gasteiger partial charge in [0, 0.05) is 56.5 Å². The highest BCUT2D eigenvalue weighted by Gasteiger charge is 2.19. The molecule has 11 aromatic rings. The molecule has 0 saturated heterocycles. The third-order valence-corrected chi connectivity index (χ3v) is 12.1. The van der Waals surface area contributed by atoms with Crippen LogP contribution in [0.25, 0.3) is 112 Å². The molecule has 0 amide bonds. The number of hydrogen-bond donors (Lipinski definition) is 0. The first-order valence-electron chi connectivity index (χ1n) is 22.8. The molecule has 322 valence electrons. The molecule has 0 spiro atoms. The average molecular weight is 873 g/mol. The average Bonchev–Trinajstić information content (AvgIpc) is 3.41. The molecule has 0 bridgehead atoms. The van der Waals surface area contributed by atoms with Crippen LogP contribution < -0.4 is 0 Å². The third-order valence-electron chi connectivity index (χ3n) is 12.1. The lowest BCUT2D eigenvalue weighted by atomic mass is 9.86. The van der Waals surface area contributed by atoms with E-state index in [-0.39, 0.29) is 0 Å². The lowest BCUT2D eigenvalue weighted by Gasteiger charge is -2.18. The van der Waals surface area contributed by atoms with Crippen LogP contribution in [0.2, 0.25) is 0 Å². The van der Waals surface area contributed by atoms with Gasteiger partial charge in [-0.25, -0.2) is 19.9 Å². The van der Waals surface area contributed by atoms with Gasteiger partial charge in [0.1, 0.15) is 0 Å². The van der Waals surface area contributed by atoms with Crippen LogP contribution >= 0.6 is 0 Å². The SMILES string of the molecule is Cc1cc(-c2c(-c3cccc(-c4cc(-c5ccccc5)nc(-c5ccccc5)n4)c3)cccc2-c2cccc(-c3cc(-c4ccccc4-c4ccccn4)nc(-c4ccccc4)n3)c2)cc(C)n1. The number of benzene rings is 7. The first kappa shape index (κ1) is 41.7. The van der Waals surface area contributed by atoms with Crippen LogP contribution in [0.15, 0.2) is 231 Å². The Morgan fingerprint density at radius 1 is 0.250 bits per heavy atom. The maximum atomic E-state index is 5.25. The molecule has 0 fully saturated rings. The molecule has 0 unspecified atom stereocenters. The molecule has 0 aliphatic carbocycles. The van der Waals surface area contributed by atoms with Gasteiger partial charge in [-0.3, -0.25) is 9.97 Å². The van der Waals surface area contributed by atoms with Crippen molar-refractivity contribution in [3.63, 3.8) is 0 Å². The predicted octanol–water partition coefficient (Wildman–Crippen LogP) is 15.3. The summed E-state index contributed by atoms with van der Waals surface area (Å²) in [5.74, 6) is 1.34. The molecule has 6 nitrogen and oxygen atoms in total. The Bertz CT molecular complexity index is 3500. The molecule has 68 heavy (non-hydrogen) atoms. The van der Waals surface area contributed by atoms with Crippen LogP contribution in [0.1, 0.15) is 11.4 Å². The predicted molar refractivity (Wildman–Crippen MR) is 277 cm³/mol. The zero-order valence-corrected chi connectivity index (χ0v) is 37.6. The molecule has 0 N–H and O–H groups in total. The third kappa shape index (κ3) is 8.62. The van der Waals surface area contributed by atoms with Crippen molar-refractivity contribution in [1.29, 1.82) is 0 Å². The Labute approximate surface area is 396 Å². The van der Waals surface area contributed by atoms with E-state index in [9.17, 15) is 0 Å². The first-order chi connectivity index (χ1) is 33.5. The summed E-state index contributed by atoms with van der Waals surface area (Å²) in [5.41, 5.74) is 19.6. The molecule has 0 aliphatic heterocycles. The maximum absolute atomic E-state index is 5.25. The molecular formula is C62H44N6. The zero-order valence-electron chi connectivity index (χ0n) is 37.6. The maximum Gasteiger partial charge on any atom is 0.160 e. The highest BCUT2D eigenvalue weighted by molar-refractivity contribution is 5.96. The van der Waals surface area contributed by atoms with Crippen molar-refractivity contribution in [2.24, 2.45) is 0 Å². The van der Waals surface area contributed by atoms with Crippen molar-refractivity contribution in [2.75, 3.05) is 0 Å². The second-order valence-electron chi connectivity index (χ2n) is 16.8. The number of nitrogens with zero attached hydrogens (tertiary/aromatic N) is 6. The van der Waals surface area contributed by atoms with Crippen LogP contribution in [0.3, 0.4) is 0 Å². The molecular weight excluding hydrogens is 829 g/mol. The van der Waals surface area contributed by atoms with E-state index in [1.807, 2.05) is 85.1 Å². The Balaban J connectivity index is 1.06. The largest absolute Gasteiger partial charge is 0.258 e. The normalized spacial score (nSPS) is 11.1. The van der Waals surface area contributed by atoms with Crippen molar-refractivity contribution in [3.8, 4) is 112 Å². The number of hydrogen-bond acceptors (Lipinski definition) is 6. The molecule has 0 atom stereocenters. The molecule has 4 heterocycles. The summed E-state index contributed by atoms with van der Waals surface area (Å²) in [4.78, 5) is 30.2. The summed E-state index contributed by atoms with van der Waals surface area (Å²) in [6, 6.07) is 77.6. The Kier molecular flexibility index (Phi) is 11.3. The topological polar surface area (TPSA) is 77.3 Å². The highest BCUT2D eigenvalue weighted by atomic mass is 14.9. The van der Waals surface area contributed by atoms with E-state index in [0.717, 1.165) is 112 Å². The standard InChI is InChI=1S/C62H44N6/c1-41-35-50(36-42(2)64-41)60-51(46-25-16-27-48(37-46)57-39-56(43-19-6-3-7-20-43)65-61(66-57)44-21-8-4-9-22-44)31-18-32-52(60)47-26-17-28-49(38-47)58-40-59(68-62(67-58)45-23-10-5-11-24-45)54-30-13-12-29-53(54)55-33-14-15-34-63-55/h3-40H,1-2H3. The van der Waals surface area contributed by atoms with E-state index in [0.29, 0.717) is 11.6 Å². The molecule has 0 saturated carbocycles. The van der Waals surface area contributed by atoms with E-state index in [4.69, 9.17) is 29.9 Å². The number of aromatic nitrogens is 6. The van der Waals surface area contributed by atoms with Gasteiger partial charge in [-0.15, -0.1) is 0 Å².